The van der Waals surface area contributed by atoms with E-state index >= 15 is 0 Å². The minimum Gasteiger partial charge on any atom is -0.317 e. The molecular weight excluding hydrogens is 272 g/mol. The molecule has 3 heterocycles. The fraction of sp³-hybridized carbons (Fsp3) is 0.500. The molecule has 2 aromatic rings. The highest BCUT2D eigenvalue weighted by Crippen LogP contribution is 2.29. The summed E-state index contributed by atoms with van der Waals surface area (Å²) in [7, 11) is 0. The normalized spacial score (nSPS) is 16.4. The molecule has 2 aromatic heterocycles. The second kappa shape index (κ2) is 5.85. The summed E-state index contributed by atoms with van der Waals surface area (Å²) in [5.41, 5.74) is 0. The SMILES string of the molecule is CCc1cc2c(NC(=O)C3CCNCC3)ncnc2s1. The summed E-state index contributed by atoms with van der Waals surface area (Å²) in [5, 5.41) is 7.21. The number of thiophene rings is 1. The van der Waals surface area contributed by atoms with Gasteiger partial charge in [-0.15, -0.1) is 11.3 Å². The van der Waals surface area contributed by atoms with Gasteiger partial charge in [0.2, 0.25) is 5.91 Å². The van der Waals surface area contributed by atoms with Crippen molar-refractivity contribution >= 4 is 33.3 Å². The molecule has 0 saturated carbocycles. The van der Waals surface area contributed by atoms with Crippen LogP contribution in [0.4, 0.5) is 5.82 Å². The van der Waals surface area contributed by atoms with Crippen molar-refractivity contribution in [3.05, 3.63) is 17.3 Å². The van der Waals surface area contributed by atoms with Gasteiger partial charge in [-0.1, -0.05) is 6.92 Å². The first-order valence-corrected chi connectivity index (χ1v) is 7.84. The maximum absolute atomic E-state index is 12.3. The summed E-state index contributed by atoms with van der Waals surface area (Å²) in [4.78, 5) is 23.0. The number of nitrogens with one attached hydrogen (secondary N) is 2. The molecular formula is C14H18N4OS. The number of aryl methyl sites for hydroxylation is 1. The fourth-order valence-electron chi connectivity index (χ4n) is 2.48. The lowest BCUT2D eigenvalue weighted by Gasteiger charge is -2.21. The lowest BCUT2D eigenvalue weighted by Crippen LogP contribution is -2.34. The van der Waals surface area contributed by atoms with Gasteiger partial charge in [-0.2, -0.15) is 0 Å². The Morgan fingerprint density at radius 3 is 3.00 bits per heavy atom. The number of aromatic nitrogens is 2. The van der Waals surface area contributed by atoms with Gasteiger partial charge in [-0.25, -0.2) is 9.97 Å². The molecule has 0 spiro atoms. The largest absolute Gasteiger partial charge is 0.317 e. The molecule has 0 unspecified atom stereocenters. The number of anilines is 1. The van der Waals surface area contributed by atoms with Crippen LogP contribution in [-0.4, -0.2) is 29.0 Å². The van der Waals surface area contributed by atoms with E-state index in [4.69, 9.17) is 0 Å². The standard InChI is InChI=1S/C14H18N4OS/c1-2-10-7-11-12(16-8-17-14(11)20-10)18-13(19)9-3-5-15-6-4-9/h7-9,15H,2-6H2,1H3,(H,16,17,18,19). The molecule has 1 fully saturated rings. The molecule has 0 radical (unpaired) electrons. The molecule has 0 aliphatic carbocycles. The molecule has 1 amide bonds. The Morgan fingerprint density at radius 1 is 1.45 bits per heavy atom. The lowest BCUT2D eigenvalue weighted by atomic mass is 9.97. The topological polar surface area (TPSA) is 66.9 Å². The van der Waals surface area contributed by atoms with Crippen molar-refractivity contribution in [1.82, 2.24) is 15.3 Å². The Balaban J connectivity index is 1.82. The van der Waals surface area contributed by atoms with Crippen LogP contribution in [-0.2, 0) is 11.2 Å². The first-order valence-electron chi connectivity index (χ1n) is 7.03. The number of amides is 1. The Hall–Kier alpha value is -1.53. The van der Waals surface area contributed by atoms with Crippen LogP contribution < -0.4 is 10.6 Å². The Morgan fingerprint density at radius 2 is 2.25 bits per heavy atom. The van der Waals surface area contributed by atoms with E-state index in [1.807, 2.05) is 0 Å². The van der Waals surface area contributed by atoms with Gasteiger partial charge in [0, 0.05) is 10.8 Å². The highest BCUT2D eigenvalue weighted by molar-refractivity contribution is 7.18. The number of carbonyl (C=O) groups is 1. The third-order valence-corrected chi connectivity index (χ3v) is 4.87. The van der Waals surface area contributed by atoms with Crippen molar-refractivity contribution in [3.8, 4) is 0 Å². The lowest BCUT2D eigenvalue weighted by molar-refractivity contribution is -0.120. The summed E-state index contributed by atoms with van der Waals surface area (Å²) in [6.07, 6.45) is 4.28. The summed E-state index contributed by atoms with van der Waals surface area (Å²) in [6, 6.07) is 2.08. The highest BCUT2D eigenvalue weighted by Gasteiger charge is 2.22. The monoisotopic (exact) mass is 290 g/mol. The number of hydrogen-bond acceptors (Lipinski definition) is 5. The van der Waals surface area contributed by atoms with E-state index in [9.17, 15) is 4.79 Å². The molecule has 1 saturated heterocycles. The van der Waals surface area contributed by atoms with Crippen molar-refractivity contribution < 1.29 is 4.79 Å². The van der Waals surface area contributed by atoms with Crippen molar-refractivity contribution in [3.63, 3.8) is 0 Å². The zero-order valence-corrected chi connectivity index (χ0v) is 12.3. The van der Waals surface area contributed by atoms with Crippen LogP contribution in [0.15, 0.2) is 12.4 Å². The van der Waals surface area contributed by atoms with Gasteiger partial charge in [-0.05, 0) is 38.4 Å². The molecule has 6 heteroatoms. The predicted molar refractivity (Wildman–Crippen MR) is 81.0 cm³/mol. The average molecular weight is 290 g/mol. The summed E-state index contributed by atoms with van der Waals surface area (Å²) >= 11 is 1.66. The maximum Gasteiger partial charge on any atom is 0.228 e. The highest BCUT2D eigenvalue weighted by atomic mass is 32.1. The molecule has 2 N–H and O–H groups in total. The van der Waals surface area contributed by atoms with E-state index in [2.05, 4.69) is 33.6 Å². The second-order valence-electron chi connectivity index (χ2n) is 5.02. The van der Waals surface area contributed by atoms with Crippen LogP contribution in [0.25, 0.3) is 10.2 Å². The predicted octanol–water partition coefficient (Wildman–Crippen LogP) is 2.19. The van der Waals surface area contributed by atoms with Crippen LogP contribution >= 0.6 is 11.3 Å². The van der Waals surface area contributed by atoms with E-state index in [-0.39, 0.29) is 11.8 Å². The van der Waals surface area contributed by atoms with Gasteiger partial charge in [0.15, 0.2) is 0 Å². The van der Waals surface area contributed by atoms with E-state index in [1.54, 1.807) is 11.3 Å². The Kier molecular flexibility index (Phi) is 3.93. The number of nitrogens with zero attached hydrogens (tertiary/aromatic N) is 2. The van der Waals surface area contributed by atoms with Crippen molar-refractivity contribution in [2.75, 3.05) is 18.4 Å². The Labute approximate surface area is 121 Å². The maximum atomic E-state index is 12.3. The fourth-order valence-corrected chi connectivity index (χ4v) is 3.42. The first-order chi connectivity index (χ1) is 9.78. The molecule has 3 rings (SSSR count). The summed E-state index contributed by atoms with van der Waals surface area (Å²) < 4.78 is 0. The number of hydrogen-bond donors (Lipinski definition) is 2. The number of fused-ring (bicyclic) bond motifs is 1. The molecule has 1 aliphatic rings. The quantitative estimate of drug-likeness (QED) is 0.909. The number of piperidine rings is 1. The molecule has 1 aliphatic heterocycles. The van der Waals surface area contributed by atoms with Crippen LogP contribution in [0.5, 0.6) is 0 Å². The molecule has 0 bridgehead atoms. The number of rotatable bonds is 3. The van der Waals surface area contributed by atoms with Crippen LogP contribution in [0.3, 0.4) is 0 Å². The smallest absolute Gasteiger partial charge is 0.228 e. The van der Waals surface area contributed by atoms with E-state index < -0.39 is 0 Å². The van der Waals surface area contributed by atoms with E-state index in [0.29, 0.717) is 5.82 Å². The molecule has 106 valence electrons. The molecule has 0 atom stereocenters. The second-order valence-corrected chi connectivity index (χ2v) is 6.14. The zero-order valence-electron chi connectivity index (χ0n) is 11.5. The Bertz CT molecular complexity index is 619. The van der Waals surface area contributed by atoms with Gasteiger partial charge >= 0.3 is 0 Å². The van der Waals surface area contributed by atoms with Crippen molar-refractivity contribution in [2.24, 2.45) is 5.92 Å². The van der Waals surface area contributed by atoms with Crippen molar-refractivity contribution in [1.29, 1.82) is 0 Å². The van der Waals surface area contributed by atoms with Gasteiger partial charge in [0.25, 0.3) is 0 Å². The minimum atomic E-state index is 0.0794. The van der Waals surface area contributed by atoms with Gasteiger partial charge in [0.1, 0.15) is 17.0 Å². The third-order valence-electron chi connectivity index (χ3n) is 3.68. The van der Waals surface area contributed by atoms with E-state index in [1.165, 1.54) is 11.2 Å². The first kappa shape index (κ1) is 13.5. The summed E-state index contributed by atoms with van der Waals surface area (Å²) in [5.74, 6) is 0.816. The molecule has 20 heavy (non-hydrogen) atoms. The van der Waals surface area contributed by atoms with Crippen LogP contribution in [0.2, 0.25) is 0 Å². The van der Waals surface area contributed by atoms with Crippen molar-refractivity contribution in [2.45, 2.75) is 26.2 Å². The van der Waals surface area contributed by atoms with E-state index in [0.717, 1.165) is 42.6 Å². The third kappa shape index (κ3) is 2.66. The van der Waals surface area contributed by atoms with Crippen LogP contribution in [0, 0.1) is 5.92 Å². The zero-order chi connectivity index (χ0) is 13.9. The van der Waals surface area contributed by atoms with Gasteiger partial charge < -0.3 is 10.6 Å². The van der Waals surface area contributed by atoms with Gasteiger partial charge in [-0.3, -0.25) is 4.79 Å². The van der Waals surface area contributed by atoms with Crippen LogP contribution in [0.1, 0.15) is 24.6 Å². The molecule has 0 aromatic carbocycles. The minimum absolute atomic E-state index is 0.0794. The van der Waals surface area contributed by atoms with Gasteiger partial charge in [0.05, 0.1) is 5.39 Å². The number of carbonyl (C=O) groups excluding carboxylic acids is 1. The average Bonchev–Trinajstić information content (AvgIpc) is 2.92. The summed E-state index contributed by atoms with van der Waals surface area (Å²) in [6.45, 7) is 3.94. The molecule has 5 nitrogen and oxygen atoms in total.